The van der Waals surface area contributed by atoms with Gasteiger partial charge in [-0.15, -0.1) is 0 Å². The van der Waals surface area contributed by atoms with Gasteiger partial charge < -0.3 is 19.0 Å². The smallest absolute Gasteiger partial charge is 0.371 e. The molecule has 0 aliphatic rings. The highest BCUT2D eigenvalue weighted by atomic mass is 32.2. The largest absolute Gasteiger partial charge is 0.475 e. The normalized spacial score (nSPS) is 13.7. The molecule has 0 amide bonds. The molecule has 2 atom stereocenters. The lowest BCUT2D eigenvalue weighted by Gasteiger charge is -2.10. The van der Waals surface area contributed by atoms with Gasteiger partial charge in [0.05, 0.1) is 12.4 Å². The molecule has 0 spiro atoms. The monoisotopic (exact) mass is 304 g/mol. The van der Waals surface area contributed by atoms with E-state index in [9.17, 15) is 13.8 Å². The molecule has 20 heavy (non-hydrogen) atoms. The van der Waals surface area contributed by atoms with Gasteiger partial charge in [-0.05, 0) is 19.1 Å². The van der Waals surface area contributed by atoms with Crippen LogP contribution in [0.15, 0.2) is 16.5 Å². The number of esters is 1. The van der Waals surface area contributed by atoms with Crippen molar-refractivity contribution in [3.63, 3.8) is 0 Å². The number of aromatic carboxylic acids is 1. The average molecular weight is 304 g/mol. The van der Waals surface area contributed by atoms with Crippen LogP contribution in [0.2, 0.25) is 0 Å². The molecular weight excluding hydrogens is 288 g/mol. The molecule has 0 saturated carbocycles. The number of carboxylic acid groups (broad SMARTS) is 1. The van der Waals surface area contributed by atoms with E-state index in [1.54, 1.807) is 0 Å². The van der Waals surface area contributed by atoms with Gasteiger partial charge in [0, 0.05) is 17.9 Å². The van der Waals surface area contributed by atoms with Crippen molar-refractivity contribution in [3.05, 3.63) is 23.7 Å². The van der Waals surface area contributed by atoms with E-state index in [1.807, 2.05) is 0 Å². The Kier molecular flexibility index (Phi) is 6.40. The Morgan fingerprint density at radius 3 is 2.65 bits per heavy atom. The first kappa shape index (κ1) is 16.4. The predicted octanol–water partition coefficient (Wildman–Crippen LogP) is 0.805. The summed E-state index contributed by atoms with van der Waals surface area (Å²) in [5, 5.41) is 7.87. The molecule has 1 heterocycles. The Morgan fingerprint density at radius 2 is 2.10 bits per heavy atom. The Balaban J connectivity index is 2.52. The molecule has 1 aromatic rings. The fourth-order valence-corrected chi connectivity index (χ4v) is 2.25. The summed E-state index contributed by atoms with van der Waals surface area (Å²) in [5.41, 5.74) is 0. The van der Waals surface area contributed by atoms with Gasteiger partial charge in [0.25, 0.3) is 0 Å². The Labute approximate surface area is 118 Å². The van der Waals surface area contributed by atoms with Crippen molar-refractivity contribution in [3.8, 4) is 0 Å². The zero-order valence-corrected chi connectivity index (χ0v) is 12.0. The first-order chi connectivity index (χ1) is 9.45. The van der Waals surface area contributed by atoms with E-state index < -0.39 is 28.0 Å². The van der Waals surface area contributed by atoms with E-state index in [-0.39, 0.29) is 30.5 Å². The topological polar surface area (TPSA) is 103 Å². The van der Waals surface area contributed by atoms with E-state index >= 15 is 0 Å². The standard InChI is InChI=1S/C12H16O7S/c1-8(12(15)18-6-5-17-2)20(16)7-9-3-4-10(19-9)11(13)14/h3-4,8H,5-7H2,1-2H3,(H,13,14). The lowest BCUT2D eigenvalue weighted by molar-refractivity contribution is -0.143. The van der Waals surface area contributed by atoms with Gasteiger partial charge in [-0.2, -0.15) is 0 Å². The van der Waals surface area contributed by atoms with E-state index in [1.165, 1.54) is 26.2 Å². The lowest BCUT2D eigenvalue weighted by atomic mass is 10.4. The van der Waals surface area contributed by atoms with Gasteiger partial charge >= 0.3 is 11.9 Å². The molecule has 1 rings (SSSR count). The number of rotatable bonds is 8. The molecule has 0 aliphatic carbocycles. The Morgan fingerprint density at radius 1 is 1.40 bits per heavy atom. The second-order valence-corrected chi connectivity index (χ2v) is 5.66. The molecular formula is C12H16O7S. The maximum atomic E-state index is 11.9. The highest BCUT2D eigenvalue weighted by Crippen LogP contribution is 2.12. The highest BCUT2D eigenvalue weighted by molar-refractivity contribution is 7.85. The minimum absolute atomic E-state index is 0.0478. The van der Waals surface area contributed by atoms with Crippen molar-refractivity contribution in [1.29, 1.82) is 0 Å². The number of carbonyl (C=O) groups excluding carboxylic acids is 1. The molecule has 8 heteroatoms. The minimum atomic E-state index is -1.55. The molecule has 0 bridgehead atoms. The summed E-state index contributed by atoms with van der Waals surface area (Å²) in [5.74, 6) is -1.82. The van der Waals surface area contributed by atoms with E-state index in [0.29, 0.717) is 0 Å². The predicted molar refractivity (Wildman–Crippen MR) is 69.8 cm³/mol. The second kappa shape index (κ2) is 7.81. The average Bonchev–Trinajstić information content (AvgIpc) is 2.86. The third kappa shape index (κ3) is 4.78. The maximum Gasteiger partial charge on any atom is 0.371 e. The third-order valence-corrected chi connectivity index (χ3v) is 3.97. The van der Waals surface area contributed by atoms with Crippen LogP contribution >= 0.6 is 0 Å². The molecule has 2 unspecified atom stereocenters. The molecule has 0 aromatic carbocycles. The van der Waals surface area contributed by atoms with Crippen molar-refractivity contribution in [2.75, 3.05) is 20.3 Å². The molecule has 1 aromatic heterocycles. The molecule has 112 valence electrons. The van der Waals surface area contributed by atoms with Gasteiger partial charge in [-0.25, -0.2) is 4.79 Å². The zero-order chi connectivity index (χ0) is 15.1. The lowest BCUT2D eigenvalue weighted by Crippen LogP contribution is -2.26. The number of methoxy groups -OCH3 is 1. The van der Waals surface area contributed by atoms with Crippen LogP contribution in [0.1, 0.15) is 23.2 Å². The minimum Gasteiger partial charge on any atom is -0.475 e. The van der Waals surface area contributed by atoms with Crippen molar-refractivity contribution in [2.24, 2.45) is 0 Å². The molecule has 1 N–H and O–H groups in total. The van der Waals surface area contributed by atoms with Gasteiger partial charge in [0.1, 0.15) is 17.6 Å². The summed E-state index contributed by atoms with van der Waals surface area (Å²) in [6.07, 6.45) is 0. The Hall–Kier alpha value is -1.67. The first-order valence-electron chi connectivity index (χ1n) is 5.80. The van der Waals surface area contributed by atoms with Crippen molar-refractivity contribution >= 4 is 22.7 Å². The summed E-state index contributed by atoms with van der Waals surface area (Å²) in [4.78, 5) is 22.2. The summed E-state index contributed by atoms with van der Waals surface area (Å²) < 4.78 is 26.5. The van der Waals surface area contributed by atoms with Crippen LogP contribution in [0, 0.1) is 0 Å². The van der Waals surface area contributed by atoms with Crippen LogP contribution in [0.3, 0.4) is 0 Å². The number of furan rings is 1. The first-order valence-corrected chi connectivity index (χ1v) is 7.18. The number of carbonyl (C=O) groups is 2. The van der Waals surface area contributed by atoms with Gasteiger partial charge in [0.2, 0.25) is 5.76 Å². The number of hydrogen-bond acceptors (Lipinski definition) is 6. The SMILES string of the molecule is COCCOC(=O)C(C)S(=O)Cc1ccc(C(=O)O)o1. The fraction of sp³-hybridized carbons (Fsp3) is 0.500. The quantitative estimate of drug-likeness (QED) is 0.559. The van der Waals surface area contributed by atoms with E-state index in [0.717, 1.165) is 0 Å². The summed E-state index contributed by atoms with van der Waals surface area (Å²) in [6, 6.07) is 2.70. The molecule has 7 nitrogen and oxygen atoms in total. The van der Waals surface area contributed by atoms with Crippen molar-refractivity contribution in [1.82, 2.24) is 0 Å². The maximum absolute atomic E-state index is 11.9. The van der Waals surface area contributed by atoms with Crippen LogP contribution in [-0.4, -0.2) is 46.8 Å². The molecule has 0 fully saturated rings. The van der Waals surface area contributed by atoms with E-state index in [4.69, 9.17) is 19.0 Å². The van der Waals surface area contributed by atoms with Crippen LogP contribution in [0.4, 0.5) is 0 Å². The summed E-state index contributed by atoms with van der Waals surface area (Å²) >= 11 is 0. The number of carboxylic acids is 1. The van der Waals surface area contributed by atoms with Gasteiger partial charge in [0.15, 0.2) is 0 Å². The zero-order valence-electron chi connectivity index (χ0n) is 11.2. The van der Waals surface area contributed by atoms with Crippen LogP contribution in [0.5, 0.6) is 0 Å². The summed E-state index contributed by atoms with van der Waals surface area (Å²) in [6.45, 7) is 1.85. The molecule has 0 radical (unpaired) electrons. The number of hydrogen-bond donors (Lipinski definition) is 1. The van der Waals surface area contributed by atoms with Crippen LogP contribution in [-0.2, 0) is 30.8 Å². The van der Waals surface area contributed by atoms with Crippen LogP contribution < -0.4 is 0 Å². The third-order valence-electron chi connectivity index (χ3n) is 2.41. The second-order valence-electron chi connectivity index (χ2n) is 3.90. The van der Waals surface area contributed by atoms with Crippen LogP contribution in [0.25, 0.3) is 0 Å². The molecule has 0 aliphatic heterocycles. The molecule has 0 saturated heterocycles. The highest BCUT2D eigenvalue weighted by Gasteiger charge is 2.23. The Bertz CT molecular complexity index is 494. The van der Waals surface area contributed by atoms with Gasteiger partial charge in [-0.1, -0.05) is 0 Å². The number of ether oxygens (including phenoxy) is 2. The van der Waals surface area contributed by atoms with Gasteiger partial charge in [-0.3, -0.25) is 9.00 Å². The fourth-order valence-electron chi connectivity index (χ4n) is 1.29. The van der Waals surface area contributed by atoms with Crippen molar-refractivity contribution < 1.29 is 32.8 Å². The summed E-state index contributed by atoms with van der Waals surface area (Å²) in [7, 11) is -0.0747. The van der Waals surface area contributed by atoms with E-state index in [2.05, 4.69) is 0 Å². The van der Waals surface area contributed by atoms with Crippen molar-refractivity contribution in [2.45, 2.75) is 17.9 Å².